The molecule has 154 valence electrons. The number of amides is 1. The van der Waals surface area contributed by atoms with Crippen LogP contribution in [0.1, 0.15) is 71.0 Å². The van der Waals surface area contributed by atoms with Gasteiger partial charge in [0.15, 0.2) is 0 Å². The Morgan fingerprint density at radius 1 is 1.32 bits per heavy atom. The summed E-state index contributed by atoms with van der Waals surface area (Å²) in [5, 5.41) is 24.1. The molecule has 2 heterocycles. The van der Waals surface area contributed by atoms with Gasteiger partial charge in [0, 0.05) is 32.2 Å². The molecule has 7 nitrogen and oxygen atoms in total. The predicted molar refractivity (Wildman–Crippen MR) is 108 cm³/mol. The van der Waals surface area contributed by atoms with E-state index in [0.29, 0.717) is 12.8 Å². The first-order chi connectivity index (χ1) is 13.6. The summed E-state index contributed by atoms with van der Waals surface area (Å²) in [6, 6.07) is 0.108. The van der Waals surface area contributed by atoms with Crippen LogP contribution in [0, 0.1) is 17.8 Å². The van der Waals surface area contributed by atoms with Crippen LogP contribution < -0.4 is 0 Å². The molecule has 1 amide bonds. The third-order valence-electron chi connectivity index (χ3n) is 5.17. The van der Waals surface area contributed by atoms with Gasteiger partial charge in [-0.05, 0) is 35.6 Å². The Morgan fingerprint density at radius 3 is 2.89 bits per heavy atom. The number of hydrogen-bond donors (Lipinski definition) is 2. The van der Waals surface area contributed by atoms with Crippen LogP contribution in [-0.2, 0) is 11.2 Å². The molecular weight excluding hydrogens is 354 g/mol. The van der Waals surface area contributed by atoms with E-state index in [1.807, 2.05) is 30.9 Å². The molecule has 0 aromatic carbocycles. The lowest BCUT2D eigenvalue weighted by molar-refractivity contribution is -0.128. The second-order valence-corrected chi connectivity index (χ2v) is 7.47. The molecule has 2 rings (SSSR count). The second-order valence-electron chi connectivity index (χ2n) is 7.47. The van der Waals surface area contributed by atoms with Crippen molar-refractivity contribution < 1.29 is 9.90 Å². The number of carbonyl (C=O) groups excluding carboxylic acids is 1. The third-order valence-corrected chi connectivity index (χ3v) is 5.17. The Balaban J connectivity index is 1.69. The number of aromatic nitrogens is 4. The van der Waals surface area contributed by atoms with Crippen LogP contribution in [0.3, 0.4) is 0 Å². The lowest BCUT2D eigenvalue weighted by atomic mass is 10.00. The van der Waals surface area contributed by atoms with E-state index in [-0.39, 0.29) is 17.9 Å². The number of carbonyl (C=O) groups is 1. The summed E-state index contributed by atoms with van der Waals surface area (Å²) in [7, 11) is 0. The van der Waals surface area contributed by atoms with Gasteiger partial charge in [-0.25, -0.2) is 5.10 Å². The Morgan fingerprint density at radius 2 is 2.14 bits per heavy atom. The van der Waals surface area contributed by atoms with Crippen LogP contribution in [0.15, 0.2) is 12.2 Å². The highest BCUT2D eigenvalue weighted by atomic mass is 16.3. The number of aryl methyl sites for hydroxylation is 1. The van der Waals surface area contributed by atoms with Crippen molar-refractivity contribution in [1.82, 2.24) is 25.5 Å². The highest BCUT2D eigenvalue weighted by molar-refractivity contribution is 5.79. The normalized spacial score (nSPS) is 19.0. The first-order valence-electron chi connectivity index (χ1n) is 10.5. The topological polar surface area (TPSA) is 95.0 Å². The van der Waals surface area contributed by atoms with Crippen LogP contribution in [0.2, 0.25) is 0 Å². The number of likely N-dealkylation sites (tertiary alicyclic amines) is 1. The minimum absolute atomic E-state index is 0.0976. The minimum atomic E-state index is -0.519. The number of nitrogens with one attached hydrogen (secondary N) is 1. The predicted octanol–water partition coefficient (Wildman–Crippen LogP) is 2.65. The minimum Gasteiger partial charge on any atom is -0.389 e. The number of aliphatic hydroxyl groups is 1. The van der Waals surface area contributed by atoms with E-state index in [1.54, 1.807) is 0 Å². The van der Waals surface area contributed by atoms with Gasteiger partial charge in [0.25, 0.3) is 0 Å². The molecule has 3 atom stereocenters. The smallest absolute Gasteiger partial charge is 0.223 e. The monoisotopic (exact) mass is 387 g/mol. The van der Waals surface area contributed by atoms with Crippen molar-refractivity contribution in [2.24, 2.45) is 5.92 Å². The van der Waals surface area contributed by atoms with Crippen LogP contribution in [0.5, 0.6) is 0 Å². The van der Waals surface area contributed by atoms with Crippen LogP contribution in [0.4, 0.5) is 0 Å². The summed E-state index contributed by atoms with van der Waals surface area (Å²) in [6.07, 6.45) is 11.4. The summed E-state index contributed by atoms with van der Waals surface area (Å²) in [5.41, 5.74) is 0. The number of aromatic amines is 1. The maximum atomic E-state index is 12.2. The van der Waals surface area contributed by atoms with Crippen molar-refractivity contribution in [3.05, 3.63) is 18.0 Å². The SMILES string of the molecule is CCC#CC[C@H](C)[C@H](O)C=C[C@H]1CCC(=O)N1CCCCCCc1nnn[nH]1. The Bertz CT molecular complexity index is 662. The second kappa shape index (κ2) is 12.3. The Kier molecular flexibility index (Phi) is 9.70. The maximum Gasteiger partial charge on any atom is 0.223 e. The van der Waals surface area contributed by atoms with E-state index >= 15 is 0 Å². The van der Waals surface area contributed by atoms with Gasteiger partial charge in [0.05, 0.1) is 12.1 Å². The zero-order valence-corrected chi connectivity index (χ0v) is 17.1. The zero-order valence-electron chi connectivity index (χ0n) is 17.1. The molecule has 0 unspecified atom stereocenters. The molecule has 0 spiro atoms. The molecule has 1 aliphatic heterocycles. The van der Waals surface area contributed by atoms with Gasteiger partial charge in [-0.15, -0.1) is 16.9 Å². The van der Waals surface area contributed by atoms with Gasteiger partial charge in [-0.3, -0.25) is 4.79 Å². The molecule has 1 aliphatic rings. The Labute approximate surface area is 168 Å². The third kappa shape index (κ3) is 7.43. The largest absolute Gasteiger partial charge is 0.389 e. The molecule has 0 aliphatic carbocycles. The first kappa shape index (κ1) is 22.1. The molecular formula is C21H33N5O2. The summed E-state index contributed by atoms with van der Waals surface area (Å²) < 4.78 is 0. The molecule has 1 aromatic heterocycles. The molecule has 0 radical (unpaired) electrons. The van der Waals surface area contributed by atoms with Crippen LogP contribution in [-0.4, -0.2) is 55.2 Å². The molecule has 1 fully saturated rings. The standard InChI is InChI=1S/C21H33N5O2/c1-3-4-7-10-17(2)19(27)14-12-18-13-15-21(28)26(18)16-9-6-5-8-11-20-22-24-25-23-20/h12,14,17-19,27H,3,5-6,8-11,13,15-16H2,1-2H3,(H,22,23,24,25)/t17-,18-,19+/m0/s1. The lowest BCUT2D eigenvalue weighted by Crippen LogP contribution is -2.33. The van der Waals surface area contributed by atoms with E-state index in [4.69, 9.17) is 0 Å². The molecule has 2 N–H and O–H groups in total. The summed E-state index contributed by atoms with van der Waals surface area (Å²) in [6.45, 7) is 4.81. The number of H-pyrrole nitrogens is 1. The van der Waals surface area contributed by atoms with Crippen molar-refractivity contribution in [2.75, 3.05) is 6.54 Å². The average Bonchev–Trinajstić information content (AvgIpc) is 3.33. The molecule has 1 saturated heterocycles. The number of nitrogens with zero attached hydrogens (tertiary/aromatic N) is 4. The van der Waals surface area contributed by atoms with Crippen molar-refractivity contribution >= 4 is 5.91 Å². The number of rotatable bonds is 11. The highest BCUT2D eigenvalue weighted by Gasteiger charge is 2.28. The van der Waals surface area contributed by atoms with Gasteiger partial charge in [0.2, 0.25) is 5.91 Å². The van der Waals surface area contributed by atoms with E-state index in [1.165, 1.54) is 0 Å². The van der Waals surface area contributed by atoms with E-state index in [2.05, 4.69) is 32.5 Å². The van der Waals surface area contributed by atoms with Crippen LogP contribution >= 0.6 is 0 Å². The van der Waals surface area contributed by atoms with Crippen molar-refractivity contribution in [3.8, 4) is 11.8 Å². The van der Waals surface area contributed by atoms with Crippen molar-refractivity contribution in [1.29, 1.82) is 0 Å². The highest BCUT2D eigenvalue weighted by Crippen LogP contribution is 2.21. The Hall–Kier alpha value is -2.20. The summed E-state index contributed by atoms with van der Waals surface area (Å²) in [4.78, 5) is 14.2. The van der Waals surface area contributed by atoms with Crippen molar-refractivity contribution in [3.63, 3.8) is 0 Å². The van der Waals surface area contributed by atoms with Gasteiger partial charge in [-0.2, -0.15) is 0 Å². The fourth-order valence-electron chi connectivity index (χ4n) is 3.37. The van der Waals surface area contributed by atoms with Gasteiger partial charge < -0.3 is 10.0 Å². The molecule has 0 saturated carbocycles. The van der Waals surface area contributed by atoms with Gasteiger partial charge in [-0.1, -0.05) is 38.8 Å². The fourth-order valence-corrected chi connectivity index (χ4v) is 3.37. The van der Waals surface area contributed by atoms with Crippen LogP contribution in [0.25, 0.3) is 0 Å². The number of aliphatic hydroxyl groups excluding tert-OH is 1. The van der Waals surface area contributed by atoms with E-state index in [0.717, 1.165) is 57.3 Å². The quantitative estimate of drug-likeness (QED) is 0.346. The van der Waals surface area contributed by atoms with Crippen molar-refractivity contribution in [2.45, 2.75) is 83.8 Å². The summed E-state index contributed by atoms with van der Waals surface area (Å²) >= 11 is 0. The summed E-state index contributed by atoms with van der Waals surface area (Å²) in [5.74, 6) is 7.28. The molecule has 7 heteroatoms. The van der Waals surface area contributed by atoms with E-state index < -0.39 is 6.10 Å². The fraction of sp³-hybridized carbons (Fsp3) is 0.714. The molecule has 0 bridgehead atoms. The first-order valence-corrected chi connectivity index (χ1v) is 10.5. The number of unbranched alkanes of at least 4 members (excludes halogenated alkanes) is 3. The van der Waals surface area contributed by atoms with Gasteiger partial charge in [0.1, 0.15) is 5.82 Å². The van der Waals surface area contributed by atoms with E-state index in [9.17, 15) is 9.90 Å². The lowest BCUT2D eigenvalue weighted by Gasteiger charge is -2.23. The average molecular weight is 388 g/mol. The molecule has 1 aromatic rings. The molecule has 28 heavy (non-hydrogen) atoms. The zero-order chi connectivity index (χ0) is 20.2. The maximum absolute atomic E-state index is 12.2. The number of hydrogen-bond acceptors (Lipinski definition) is 5. The number of tetrazole rings is 1. The van der Waals surface area contributed by atoms with Gasteiger partial charge >= 0.3 is 0 Å².